The van der Waals surface area contributed by atoms with Crippen LogP contribution in [0.3, 0.4) is 0 Å². The summed E-state index contributed by atoms with van der Waals surface area (Å²) in [5, 5.41) is 8.90. The molecule has 0 aliphatic carbocycles. The monoisotopic (exact) mass is 223 g/mol. The first-order chi connectivity index (χ1) is 6.20. The van der Waals surface area contributed by atoms with E-state index in [0.717, 1.165) is 4.31 Å². The minimum Gasteiger partial charge on any atom is -0.480 e. The summed E-state index contributed by atoms with van der Waals surface area (Å²) >= 11 is 0. The van der Waals surface area contributed by atoms with E-state index >= 15 is 0 Å². The van der Waals surface area contributed by atoms with E-state index < -0.39 is 21.5 Å². The summed E-state index contributed by atoms with van der Waals surface area (Å²) in [6.07, 6.45) is 0. The van der Waals surface area contributed by atoms with Crippen LogP contribution in [0.5, 0.6) is 0 Å². The van der Waals surface area contributed by atoms with Gasteiger partial charge in [-0.1, -0.05) is 6.92 Å². The fourth-order valence-corrected chi connectivity index (χ4v) is 2.68. The molecule has 0 unspecified atom stereocenters. The van der Waals surface area contributed by atoms with E-state index in [0.29, 0.717) is 0 Å². The van der Waals surface area contributed by atoms with Gasteiger partial charge in [-0.3, -0.25) is 4.79 Å². The van der Waals surface area contributed by atoms with Gasteiger partial charge in [0.1, 0.15) is 5.54 Å². The van der Waals surface area contributed by atoms with Gasteiger partial charge in [0, 0.05) is 6.54 Å². The van der Waals surface area contributed by atoms with Gasteiger partial charge in [-0.25, -0.2) is 8.42 Å². The number of likely N-dealkylation sites (N-methyl/N-ethyl adjacent to an activating group) is 1. The van der Waals surface area contributed by atoms with E-state index in [4.69, 9.17) is 5.11 Å². The molecule has 0 aromatic heterocycles. The molecule has 0 fully saturated rings. The van der Waals surface area contributed by atoms with Crippen LogP contribution in [0.4, 0.5) is 0 Å². The second-order valence-electron chi connectivity index (χ2n) is 3.43. The number of carboxylic acid groups (broad SMARTS) is 1. The number of hydrogen-bond acceptors (Lipinski definition) is 3. The van der Waals surface area contributed by atoms with E-state index in [1.54, 1.807) is 6.92 Å². The minimum absolute atomic E-state index is 0.0858. The Balaban J connectivity index is 5.21. The Labute approximate surface area is 84.8 Å². The molecule has 0 aliphatic heterocycles. The molecule has 14 heavy (non-hydrogen) atoms. The summed E-state index contributed by atoms with van der Waals surface area (Å²) in [6, 6.07) is 0. The van der Waals surface area contributed by atoms with Crippen LogP contribution in [-0.2, 0) is 14.8 Å². The molecule has 0 spiro atoms. The summed E-state index contributed by atoms with van der Waals surface area (Å²) in [5.74, 6) is -1.23. The normalized spacial score (nSPS) is 13.2. The number of rotatable bonds is 5. The van der Waals surface area contributed by atoms with Crippen molar-refractivity contribution in [3.8, 4) is 0 Å². The lowest BCUT2D eigenvalue weighted by Gasteiger charge is -2.32. The van der Waals surface area contributed by atoms with Gasteiger partial charge in [0.15, 0.2) is 0 Å². The zero-order valence-corrected chi connectivity index (χ0v) is 9.76. The highest BCUT2D eigenvalue weighted by Gasteiger charge is 2.40. The molecule has 0 amide bonds. The molecule has 0 bridgehead atoms. The predicted molar refractivity (Wildman–Crippen MR) is 53.6 cm³/mol. The summed E-state index contributed by atoms with van der Waals surface area (Å²) < 4.78 is 24.1. The van der Waals surface area contributed by atoms with E-state index in [9.17, 15) is 13.2 Å². The summed E-state index contributed by atoms with van der Waals surface area (Å²) in [4.78, 5) is 10.9. The third kappa shape index (κ3) is 2.45. The third-order valence-corrected chi connectivity index (χ3v) is 4.25. The molecule has 0 heterocycles. The van der Waals surface area contributed by atoms with Gasteiger partial charge in [-0.2, -0.15) is 4.31 Å². The van der Waals surface area contributed by atoms with Crippen molar-refractivity contribution in [1.82, 2.24) is 4.31 Å². The quantitative estimate of drug-likeness (QED) is 0.737. The smallest absolute Gasteiger partial charge is 0.324 e. The first-order valence-corrected chi connectivity index (χ1v) is 6.05. The second kappa shape index (κ2) is 4.27. The molecule has 0 radical (unpaired) electrons. The summed E-state index contributed by atoms with van der Waals surface area (Å²) in [6.45, 7) is 6.04. The number of carbonyl (C=O) groups is 1. The van der Waals surface area contributed by atoms with Crippen LogP contribution in [0, 0.1) is 0 Å². The van der Waals surface area contributed by atoms with Gasteiger partial charge in [0.05, 0.1) is 5.75 Å². The molecule has 0 saturated carbocycles. The maximum Gasteiger partial charge on any atom is 0.324 e. The fraction of sp³-hybridized carbons (Fsp3) is 0.875. The lowest BCUT2D eigenvalue weighted by atomic mass is 10.1. The van der Waals surface area contributed by atoms with Crippen molar-refractivity contribution in [2.45, 2.75) is 33.2 Å². The number of aliphatic carboxylic acids is 1. The molecule has 5 nitrogen and oxygen atoms in total. The molecular weight excluding hydrogens is 206 g/mol. The van der Waals surface area contributed by atoms with E-state index in [1.807, 2.05) is 0 Å². The topological polar surface area (TPSA) is 74.7 Å². The van der Waals surface area contributed by atoms with E-state index in [-0.39, 0.29) is 12.3 Å². The zero-order valence-electron chi connectivity index (χ0n) is 8.94. The first kappa shape index (κ1) is 13.4. The van der Waals surface area contributed by atoms with Crippen LogP contribution in [0.2, 0.25) is 0 Å². The van der Waals surface area contributed by atoms with Crippen molar-refractivity contribution in [2.24, 2.45) is 0 Å². The Bertz CT molecular complexity index is 307. The number of carboxylic acids is 1. The standard InChI is InChI=1S/C8H17NO4S/c1-5-9(14(12,13)6-2)8(3,4)7(10)11/h5-6H2,1-4H3,(H,10,11). The van der Waals surface area contributed by atoms with Crippen LogP contribution in [0.25, 0.3) is 0 Å². The highest BCUT2D eigenvalue weighted by Crippen LogP contribution is 2.18. The highest BCUT2D eigenvalue weighted by molar-refractivity contribution is 7.89. The van der Waals surface area contributed by atoms with Crippen LogP contribution >= 0.6 is 0 Å². The van der Waals surface area contributed by atoms with Gasteiger partial charge in [0.2, 0.25) is 10.0 Å². The highest BCUT2D eigenvalue weighted by atomic mass is 32.2. The molecule has 0 aromatic rings. The predicted octanol–water partition coefficient (Wildman–Crippen LogP) is 0.521. The van der Waals surface area contributed by atoms with Crippen molar-refractivity contribution >= 4 is 16.0 Å². The average Bonchev–Trinajstić information content (AvgIpc) is 2.04. The van der Waals surface area contributed by atoms with Crippen molar-refractivity contribution in [3.63, 3.8) is 0 Å². The molecule has 0 saturated heterocycles. The number of sulfonamides is 1. The minimum atomic E-state index is -3.46. The zero-order chi connectivity index (χ0) is 11.6. The Morgan fingerprint density at radius 2 is 1.79 bits per heavy atom. The van der Waals surface area contributed by atoms with Gasteiger partial charge in [-0.15, -0.1) is 0 Å². The molecule has 0 aliphatic rings. The average molecular weight is 223 g/mol. The molecular formula is C8H17NO4S. The number of nitrogens with zero attached hydrogens (tertiary/aromatic N) is 1. The molecule has 0 aromatic carbocycles. The molecule has 0 rings (SSSR count). The van der Waals surface area contributed by atoms with Crippen LogP contribution in [0.15, 0.2) is 0 Å². The Hall–Kier alpha value is -0.620. The van der Waals surface area contributed by atoms with Gasteiger partial charge in [-0.05, 0) is 20.8 Å². The molecule has 1 N–H and O–H groups in total. The van der Waals surface area contributed by atoms with E-state index in [1.165, 1.54) is 20.8 Å². The largest absolute Gasteiger partial charge is 0.480 e. The Morgan fingerprint density at radius 1 is 1.36 bits per heavy atom. The Morgan fingerprint density at radius 3 is 2.00 bits per heavy atom. The fourth-order valence-electron chi connectivity index (χ4n) is 1.20. The Kier molecular flexibility index (Phi) is 4.08. The van der Waals surface area contributed by atoms with Gasteiger partial charge >= 0.3 is 5.97 Å². The van der Waals surface area contributed by atoms with Gasteiger partial charge in [0.25, 0.3) is 0 Å². The SMILES string of the molecule is CCN(C(C)(C)C(=O)O)S(=O)(=O)CC. The van der Waals surface area contributed by atoms with Crippen molar-refractivity contribution in [3.05, 3.63) is 0 Å². The lowest BCUT2D eigenvalue weighted by Crippen LogP contribution is -2.53. The van der Waals surface area contributed by atoms with Crippen molar-refractivity contribution < 1.29 is 18.3 Å². The first-order valence-electron chi connectivity index (χ1n) is 4.44. The maximum atomic E-state index is 11.5. The van der Waals surface area contributed by atoms with Crippen LogP contribution in [0.1, 0.15) is 27.7 Å². The third-order valence-electron chi connectivity index (χ3n) is 2.13. The second-order valence-corrected chi connectivity index (χ2v) is 5.61. The number of hydrogen-bond donors (Lipinski definition) is 1. The summed E-state index contributed by atoms with van der Waals surface area (Å²) in [5.41, 5.74) is -1.39. The van der Waals surface area contributed by atoms with Crippen molar-refractivity contribution in [2.75, 3.05) is 12.3 Å². The van der Waals surface area contributed by atoms with Gasteiger partial charge < -0.3 is 5.11 Å². The lowest BCUT2D eigenvalue weighted by molar-refractivity contribution is -0.146. The van der Waals surface area contributed by atoms with Crippen LogP contribution in [-0.4, -0.2) is 41.6 Å². The van der Waals surface area contributed by atoms with Crippen molar-refractivity contribution in [1.29, 1.82) is 0 Å². The summed E-state index contributed by atoms with van der Waals surface area (Å²) in [7, 11) is -3.46. The maximum absolute atomic E-state index is 11.5. The molecule has 0 atom stereocenters. The van der Waals surface area contributed by atoms with E-state index in [2.05, 4.69) is 0 Å². The molecule has 6 heteroatoms. The molecule has 84 valence electrons. The van der Waals surface area contributed by atoms with Crippen LogP contribution < -0.4 is 0 Å².